The van der Waals surface area contributed by atoms with E-state index >= 15 is 0 Å². The SMILES string of the molecule is CCCC1(CCC(C(C)C)C2CSC(CC)C2)CC1. The summed E-state index contributed by atoms with van der Waals surface area (Å²) in [6.07, 6.45) is 11.9. The minimum Gasteiger partial charge on any atom is -0.158 e. The number of hydrogen-bond donors (Lipinski definition) is 0. The molecule has 19 heavy (non-hydrogen) atoms. The van der Waals surface area contributed by atoms with E-state index in [2.05, 4.69) is 39.5 Å². The maximum Gasteiger partial charge on any atom is 0.00475 e. The fraction of sp³-hybridized carbons (Fsp3) is 1.00. The van der Waals surface area contributed by atoms with Crippen molar-refractivity contribution in [1.29, 1.82) is 0 Å². The highest BCUT2D eigenvalue weighted by Gasteiger charge is 2.42. The second kappa shape index (κ2) is 6.87. The van der Waals surface area contributed by atoms with Gasteiger partial charge in [0.25, 0.3) is 0 Å². The van der Waals surface area contributed by atoms with E-state index in [1.165, 1.54) is 57.1 Å². The normalized spacial score (nSPS) is 30.8. The Hall–Kier alpha value is 0.350. The van der Waals surface area contributed by atoms with Crippen LogP contribution in [0.5, 0.6) is 0 Å². The van der Waals surface area contributed by atoms with Gasteiger partial charge in [-0.25, -0.2) is 0 Å². The molecule has 1 heterocycles. The van der Waals surface area contributed by atoms with Crippen LogP contribution in [0, 0.1) is 23.2 Å². The lowest BCUT2D eigenvalue weighted by molar-refractivity contribution is 0.224. The molecule has 0 aromatic heterocycles. The van der Waals surface area contributed by atoms with Crippen molar-refractivity contribution < 1.29 is 0 Å². The Labute approximate surface area is 125 Å². The third-order valence-electron chi connectivity index (χ3n) is 5.77. The summed E-state index contributed by atoms with van der Waals surface area (Å²) < 4.78 is 0. The molecule has 1 aliphatic carbocycles. The van der Waals surface area contributed by atoms with E-state index < -0.39 is 0 Å². The molecular weight excluding hydrogens is 248 g/mol. The van der Waals surface area contributed by atoms with Crippen LogP contribution < -0.4 is 0 Å². The Bertz CT molecular complexity index is 267. The summed E-state index contributed by atoms with van der Waals surface area (Å²) in [5, 5.41) is 0.969. The largest absolute Gasteiger partial charge is 0.158 e. The average molecular weight is 283 g/mol. The van der Waals surface area contributed by atoms with Gasteiger partial charge in [-0.1, -0.05) is 34.1 Å². The fourth-order valence-electron chi connectivity index (χ4n) is 4.23. The maximum atomic E-state index is 2.47. The van der Waals surface area contributed by atoms with Crippen LogP contribution in [0.3, 0.4) is 0 Å². The van der Waals surface area contributed by atoms with Crippen molar-refractivity contribution in [2.75, 3.05) is 5.75 Å². The first-order valence-electron chi connectivity index (χ1n) is 8.72. The lowest BCUT2D eigenvalue weighted by atomic mass is 9.76. The minimum absolute atomic E-state index is 0.803. The summed E-state index contributed by atoms with van der Waals surface area (Å²) in [5.41, 5.74) is 0.803. The van der Waals surface area contributed by atoms with Crippen LogP contribution in [-0.4, -0.2) is 11.0 Å². The van der Waals surface area contributed by atoms with Gasteiger partial charge in [-0.2, -0.15) is 11.8 Å². The van der Waals surface area contributed by atoms with E-state index in [9.17, 15) is 0 Å². The molecule has 1 saturated heterocycles. The third kappa shape index (κ3) is 4.16. The van der Waals surface area contributed by atoms with E-state index in [1.54, 1.807) is 0 Å². The second-order valence-corrected chi connectivity index (χ2v) is 8.89. The van der Waals surface area contributed by atoms with Crippen LogP contribution in [-0.2, 0) is 0 Å². The lowest BCUT2D eigenvalue weighted by Gasteiger charge is -2.29. The molecule has 0 radical (unpaired) electrons. The van der Waals surface area contributed by atoms with Gasteiger partial charge in [0.05, 0.1) is 0 Å². The Morgan fingerprint density at radius 1 is 1.16 bits per heavy atom. The standard InChI is InChI=1S/C18H34S/c1-5-8-18(10-11-18)9-7-17(14(3)4)15-12-16(6-2)19-13-15/h14-17H,5-13H2,1-4H3. The monoisotopic (exact) mass is 282 g/mol. The van der Waals surface area contributed by atoms with Crippen molar-refractivity contribution in [1.82, 2.24) is 0 Å². The molecule has 1 aliphatic heterocycles. The van der Waals surface area contributed by atoms with Crippen LogP contribution in [0.15, 0.2) is 0 Å². The number of rotatable bonds is 8. The molecule has 0 amide bonds. The van der Waals surface area contributed by atoms with E-state index in [4.69, 9.17) is 0 Å². The summed E-state index contributed by atoms with van der Waals surface area (Å²) in [6, 6.07) is 0. The molecular formula is C18H34S. The Morgan fingerprint density at radius 2 is 1.89 bits per heavy atom. The van der Waals surface area contributed by atoms with Gasteiger partial charge in [-0.3, -0.25) is 0 Å². The molecule has 2 aliphatic rings. The van der Waals surface area contributed by atoms with Crippen LogP contribution in [0.25, 0.3) is 0 Å². The van der Waals surface area contributed by atoms with Crippen LogP contribution in [0.1, 0.15) is 79.1 Å². The van der Waals surface area contributed by atoms with Gasteiger partial charge in [0.15, 0.2) is 0 Å². The molecule has 1 saturated carbocycles. The highest BCUT2D eigenvalue weighted by Crippen LogP contribution is 2.55. The number of hydrogen-bond acceptors (Lipinski definition) is 1. The minimum atomic E-state index is 0.803. The molecule has 0 N–H and O–H groups in total. The van der Waals surface area contributed by atoms with Crippen molar-refractivity contribution in [3.05, 3.63) is 0 Å². The first-order chi connectivity index (χ1) is 9.10. The predicted molar refractivity (Wildman–Crippen MR) is 88.8 cm³/mol. The van der Waals surface area contributed by atoms with Gasteiger partial charge in [0, 0.05) is 5.25 Å². The zero-order valence-corrected chi connectivity index (χ0v) is 14.4. The highest BCUT2D eigenvalue weighted by molar-refractivity contribution is 8.00. The summed E-state index contributed by atoms with van der Waals surface area (Å²) in [6.45, 7) is 9.66. The Balaban J connectivity index is 1.83. The molecule has 3 unspecified atom stereocenters. The lowest BCUT2D eigenvalue weighted by Crippen LogP contribution is -2.22. The Morgan fingerprint density at radius 3 is 2.37 bits per heavy atom. The third-order valence-corrected chi connectivity index (χ3v) is 7.39. The molecule has 2 rings (SSSR count). The van der Waals surface area contributed by atoms with Crippen molar-refractivity contribution >= 4 is 11.8 Å². The first-order valence-corrected chi connectivity index (χ1v) is 9.76. The van der Waals surface area contributed by atoms with Gasteiger partial charge >= 0.3 is 0 Å². The zero-order chi connectivity index (χ0) is 13.9. The quantitative estimate of drug-likeness (QED) is 0.514. The van der Waals surface area contributed by atoms with Crippen molar-refractivity contribution in [2.45, 2.75) is 84.3 Å². The number of thioether (sulfide) groups is 1. The van der Waals surface area contributed by atoms with Crippen molar-refractivity contribution in [3.63, 3.8) is 0 Å². The summed E-state index contributed by atoms with van der Waals surface area (Å²) in [5.74, 6) is 4.35. The van der Waals surface area contributed by atoms with E-state index in [-0.39, 0.29) is 0 Å². The van der Waals surface area contributed by atoms with E-state index in [1.807, 2.05) is 0 Å². The van der Waals surface area contributed by atoms with Gasteiger partial charge in [0.1, 0.15) is 0 Å². The van der Waals surface area contributed by atoms with Crippen LogP contribution >= 0.6 is 11.8 Å². The molecule has 0 aromatic carbocycles. The van der Waals surface area contributed by atoms with E-state index in [0.29, 0.717) is 0 Å². The predicted octanol–water partition coefficient (Wildman–Crippen LogP) is 6.15. The van der Waals surface area contributed by atoms with Crippen molar-refractivity contribution in [2.24, 2.45) is 23.2 Å². The van der Waals surface area contributed by atoms with Gasteiger partial charge in [-0.05, 0) is 73.9 Å². The van der Waals surface area contributed by atoms with Crippen molar-refractivity contribution in [3.8, 4) is 0 Å². The molecule has 0 nitrogen and oxygen atoms in total. The van der Waals surface area contributed by atoms with Gasteiger partial charge < -0.3 is 0 Å². The molecule has 112 valence electrons. The second-order valence-electron chi connectivity index (χ2n) is 7.56. The summed E-state index contributed by atoms with van der Waals surface area (Å²) in [4.78, 5) is 0. The van der Waals surface area contributed by atoms with E-state index in [0.717, 1.165) is 28.4 Å². The zero-order valence-electron chi connectivity index (χ0n) is 13.6. The highest BCUT2D eigenvalue weighted by atomic mass is 32.2. The van der Waals surface area contributed by atoms with Gasteiger partial charge in [-0.15, -0.1) is 0 Å². The smallest absolute Gasteiger partial charge is 0.00475 e. The fourth-order valence-corrected chi connectivity index (χ4v) is 5.76. The van der Waals surface area contributed by atoms with Crippen LogP contribution in [0.4, 0.5) is 0 Å². The Kier molecular flexibility index (Phi) is 5.69. The summed E-state index contributed by atoms with van der Waals surface area (Å²) in [7, 11) is 0. The molecule has 3 atom stereocenters. The van der Waals surface area contributed by atoms with Crippen LogP contribution in [0.2, 0.25) is 0 Å². The van der Waals surface area contributed by atoms with Gasteiger partial charge in [0.2, 0.25) is 0 Å². The molecule has 0 aromatic rings. The first kappa shape index (κ1) is 15.7. The summed E-state index contributed by atoms with van der Waals surface area (Å²) >= 11 is 2.26. The topological polar surface area (TPSA) is 0 Å². The molecule has 0 spiro atoms. The molecule has 2 fully saturated rings. The molecule has 1 heteroatoms. The maximum absolute atomic E-state index is 2.47. The average Bonchev–Trinajstić information content (AvgIpc) is 2.98. The molecule has 0 bridgehead atoms.